The number of aromatic hydroxyl groups is 1. The molecule has 0 aliphatic rings. The Kier molecular flexibility index (Phi) is 2.71. The van der Waals surface area contributed by atoms with Crippen LogP contribution in [-0.2, 0) is 6.42 Å². The van der Waals surface area contributed by atoms with Crippen LogP contribution in [0.15, 0.2) is 18.2 Å². The lowest BCUT2D eigenvalue weighted by molar-refractivity contribution is 0.194. The summed E-state index contributed by atoms with van der Waals surface area (Å²) in [6.45, 7) is 3.56. The van der Waals surface area contributed by atoms with Gasteiger partial charge in [-0.25, -0.2) is 0 Å². The van der Waals surface area contributed by atoms with Gasteiger partial charge in [-0.2, -0.15) is 0 Å². The SMILES string of the molecule is Cc1cccc(CC(C)O)c1O. The molecule has 2 heteroatoms. The summed E-state index contributed by atoms with van der Waals surface area (Å²) in [5.74, 6) is 0.304. The predicted octanol–water partition coefficient (Wildman–Crippen LogP) is 1.62. The molecule has 2 N–H and O–H groups in total. The van der Waals surface area contributed by atoms with Crippen molar-refractivity contribution >= 4 is 0 Å². The van der Waals surface area contributed by atoms with Crippen LogP contribution in [0.3, 0.4) is 0 Å². The monoisotopic (exact) mass is 166 g/mol. The van der Waals surface area contributed by atoms with Crippen molar-refractivity contribution in [3.63, 3.8) is 0 Å². The van der Waals surface area contributed by atoms with E-state index in [4.69, 9.17) is 5.11 Å². The second-order valence-electron chi connectivity index (χ2n) is 3.14. The Balaban J connectivity index is 2.92. The van der Waals surface area contributed by atoms with E-state index in [0.717, 1.165) is 11.1 Å². The predicted molar refractivity (Wildman–Crippen MR) is 48.2 cm³/mol. The molecule has 0 radical (unpaired) electrons. The van der Waals surface area contributed by atoms with Crippen LogP contribution in [0.25, 0.3) is 0 Å². The van der Waals surface area contributed by atoms with Crippen LogP contribution in [0.2, 0.25) is 0 Å². The maximum absolute atomic E-state index is 9.54. The Morgan fingerprint density at radius 1 is 1.42 bits per heavy atom. The molecule has 1 atom stereocenters. The van der Waals surface area contributed by atoms with E-state index in [1.54, 1.807) is 6.92 Å². The summed E-state index contributed by atoms with van der Waals surface area (Å²) < 4.78 is 0. The summed E-state index contributed by atoms with van der Waals surface area (Å²) >= 11 is 0. The van der Waals surface area contributed by atoms with Gasteiger partial charge in [-0.1, -0.05) is 18.2 Å². The summed E-state index contributed by atoms with van der Waals surface area (Å²) in [5.41, 5.74) is 1.66. The Hall–Kier alpha value is -1.02. The van der Waals surface area contributed by atoms with E-state index in [2.05, 4.69) is 0 Å². The number of phenolic OH excluding ortho intramolecular Hbond substituents is 1. The minimum atomic E-state index is -0.405. The van der Waals surface area contributed by atoms with Crippen molar-refractivity contribution < 1.29 is 10.2 Å². The number of aliphatic hydroxyl groups excluding tert-OH is 1. The lowest BCUT2D eigenvalue weighted by Gasteiger charge is -2.08. The molecule has 0 heterocycles. The highest BCUT2D eigenvalue weighted by Gasteiger charge is 2.05. The fraction of sp³-hybridized carbons (Fsp3) is 0.400. The van der Waals surface area contributed by atoms with E-state index in [9.17, 15) is 5.11 Å². The number of aliphatic hydroxyl groups is 1. The van der Waals surface area contributed by atoms with Crippen LogP contribution in [-0.4, -0.2) is 16.3 Å². The van der Waals surface area contributed by atoms with Gasteiger partial charge >= 0.3 is 0 Å². The van der Waals surface area contributed by atoms with E-state index in [0.29, 0.717) is 12.2 Å². The van der Waals surface area contributed by atoms with Crippen molar-refractivity contribution in [3.8, 4) is 5.75 Å². The van der Waals surface area contributed by atoms with Gasteiger partial charge in [0.05, 0.1) is 6.10 Å². The van der Waals surface area contributed by atoms with Gasteiger partial charge < -0.3 is 10.2 Å². The van der Waals surface area contributed by atoms with Crippen LogP contribution in [0.4, 0.5) is 0 Å². The van der Waals surface area contributed by atoms with Gasteiger partial charge in [0.15, 0.2) is 0 Å². The zero-order valence-electron chi connectivity index (χ0n) is 7.41. The van der Waals surface area contributed by atoms with Gasteiger partial charge in [0.25, 0.3) is 0 Å². The number of benzene rings is 1. The molecule has 1 rings (SSSR count). The van der Waals surface area contributed by atoms with Crippen LogP contribution in [0, 0.1) is 6.92 Å². The number of rotatable bonds is 2. The molecule has 2 nitrogen and oxygen atoms in total. The Morgan fingerprint density at radius 3 is 2.67 bits per heavy atom. The first-order chi connectivity index (χ1) is 5.61. The largest absolute Gasteiger partial charge is 0.507 e. The normalized spacial score (nSPS) is 12.9. The van der Waals surface area contributed by atoms with Gasteiger partial charge in [-0.15, -0.1) is 0 Å². The third kappa shape index (κ3) is 1.98. The van der Waals surface area contributed by atoms with Crippen molar-refractivity contribution in [2.45, 2.75) is 26.4 Å². The van der Waals surface area contributed by atoms with E-state index in [1.165, 1.54) is 0 Å². The van der Waals surface area contributed by atoms with Crippen LogP contribution in [0.1, 0.15) is 18.1 Å². The molecule has 0 saturated heterocycles. The summed E-state index contributed by atoms with van der Waals surface area (Å²) in [4.78, 5) is 0. The summed E-state index contributed by atoms with van der Waals surface area (Å²) in [6.07, 6.45) is 0.103. The van der Waals surface area contributed by atoms with Gasteiger partial charge in [-0.05, 0) is 25.0 Å². The van der Waals surface area contributed by atoms with Gasteiger partial charge in [-0.3, -0.25) is 0 Å². The molecule has 12 heavy (non-hydrogen) atoms. The highest BCUT2D eigenvalue weighted by Crippen LogP contribution is 2.22. The van der Waals surface area contributed by atoms with E-state index in [1.807, 2.05) is 25.1 Å². The number of para-hydroxylation sites is 1. The molecule has 0 aromatic heterocycles. The third-order valence-electron chi connectivity index (χ3n) is 1.84. The fourth-order valence-corrected chi connectivity index (χ4v) is 1.20. The molecule has 0 aliphatic carbocycles. The van der Waals surface area contributed by atoms with E-state index in [-0.39, 0.29) is 0 Å². The van der Waals surface area contributed by atoms with Crippen LogP contribution < -0.4 is 0 Å². The number of hydrogen-bond donors (Lipinski definition) is 2. The lowest BCUT2D eigenvalue weighted by Crippen LogP contribution is -2.04. The quantitative estimate of drug-likeness (QED) is 0.701. The summed E-state index contributed by atoms with van der Waals surface area (Å²) in [7, 11) is 0. The molecular formula is C10H14O2. The molecule has 0 aliphatic heterocycles. The van der Waals surface area contributed by atoms with Crippen molar-refractivity contribution in [2.75, 3.05) is 0 Å². The molecule has 1 unspecified atom stereocenters. The van der Waals surface area contributed by atoms with Crippen molar-refractivity contribution in [1.29, 1.82) is 0 Å². The first kappa shape index (κ1) is 9.07. The number of hydrogen-bond acceptors (Lipinski definition) is 2. The number of aryl methyl sites for hydroxylation is 1. The van der Waals surface area contributed by atoms with Gasteiger partial charge in [0.1, 0.15) is 5.75 Å². The second kappa shape index (κ2) is 3.59. The highest BCUT2D eigenvalue weighted by atomic mass is 16.3. The smallest absolute Gasteiger partial charge is 0.121 e. The van der Waals surface area contributed by atoms with E-state index >= 15 is 0 Å². The molecule has 0 amide bonds. The molecule has 0 saturated carbocycles. The van der Waals surface area contributed by atoms with Crippen LogP contribution >= 0.6 is 0 Å². The minimum Gasteiger partial charge on any atom is -0.507 e. The second-order valence-corrected chi connectivity index (χ2v) is 3.14. The van der Waals surface area contributed by atoms with Gasteiger partial charge in [0, 0.05) is 6.42 Å². The Bertz CT molecular complexity index is 267. The van der Waals surface area contributed by atoms with Crippen LogP contribution in [0.5, 0.6) is 5.75 Å². The van der Waals surface area contributed by atoms with Gasteiger partial charge in [0.2, 0.25) is 0 Å². The maximum Gasteiger partial charge on any atom is 0.121 e. The highest BCUT2D eigenvalue weighted by molar-refractivity contribution is 5.39. The minimum absolute atomic E-state index is 0.304. The maximum atomic E-state index is 9.54. The molecule has 0 bridgehead atoms. The van der Waals surface area contributed by atoms with E-state index < -0.39 is 6.10 Å². The van der Waals surface area contributed by atoms with Crippen molar-refractivity contribution in [2.24, 2.45) is 0 Å². The van der Waals surface area contributed by atoms with Crippen molar-refractivity contribution in [3.05, 3.63) is 29.3 Å². The first-order valence-electron chi connectivity index (χ1n) is 4.06. The lowest BCUT2D eigenvalue weighted by atomic mass is 10.0. The molecular weight excluding hydrogens is 152 g/mol. The summed E-state index contributed by atoms with van der Waals surface area (Å²) in [6, 6.07) is 5.56. The molecule has 66 valence electrons. The standard InChI is InChI=1S/C10H14O2/c1-7-4-3-5-9(10(7)12)6-8(2)11/h3-5,8,11-12H,6H2,1-2H3. The van der Waals surface area contributed by atoms with Crippen molar-refractivity contribution in [1.82, 2.24) is 0 Å². The molecule has 0 spiro atoms. The molecule has 1 aromatic rings. The first-order valence-corrected chi connectivity index (χ1v) is 4.06. The zero-order chi connectivity index (χ0) is 9.14. The Morgan fingerprint density at radius 2 is 2.08 bits per heavy atom. The molecule has 0 fully saturated rings. The third-order valence-corrected chi connectivity index (χ3v) is 1.84. The average molecular weight is 166 g/mol. The zero-order valence-corrected chi connectivity index (χ0v) is 7.41. The molecule has 1 aromatic carbocycles. The summed E-state index contributed by atoms with van der Waals surface area (Å²) in [5, 5.41) is 18.6. The average Bonchev–Trinajstić information content (AvgIpc) is 1.98. The fourth-order valence-electron chi connectivity index (χ4n) is 1.20. The topological polar surface area (TPSA) is 40.5 Å². The number of phenols is 1. The Labute approximate surface area is 72.5 Å².